The minimum Gasteiger partial charge on any atom is -0.481 e. The van der Waals surface area contributed by atoms with Crippen LogP contribution in [-0.2, 0) is 4.79 Å². The molecule has 0 saturated heterocycles. The van der Waals surface area contributed by atoms with E-state index in [2.05, 4.69) is 10.2 Å². The summed E-state index contributed by atoms with van der Waals surface area (Å²) in [5, 5.41) is 16.3. The van der Waals surface area contributed by atoms with Crippen molar-refractivity contribution in [2.75, 3.05) is 11.5 Å². The third-order valence-electron chi connectivity index (χ3n) is 2.14. The third-order valence-corrected chi connectivity index (χ3v) is 3.36. The van der Waals surface area contributed by atoms with Crippen molar-refractivity contribution in [1.29, 1.82) is 0 Å². The van der Waals surface area contributed by atoms with Gasteiger partial charge in [0.25, 0.3) is 0 Å². The molecule has 0 amide bonds. The summed E-state index contributed by atoms with van der Waals surface area (Å²) in [6, 6.07) is 4.08. The first-order valence-electron chi connectivity index (χ1n) is 5.00. The van der Waals surface area contributed by atoms with Crippen molar-refractivity contribution >= 4 is 35.3 Å². The normalized spacial score (nSPS) is 10.6. The van der Waals surface area contributed by atoms with Crippen molar-refractivity contribution in [2.24, 2.45) is 0 Å². The fraction of sp³-hybridized carbons (Fsp3) is 0.100. The summed E-state index contributed by atoms with van der Waals surface area (Å²) in [7, 11) is 0. The highest BCUT2D eigenvalue weighted by Crippen LogP contribution is 2.25. The predicted octanol–water partition coefficient (Wildman–Crippen LogP) is 1.82. The van der Waals surface area contributed by atoms with Crippen molar-refractivity contribution < 1.29 is 14.3 Å². The van der Waals surface area contributed by atoms with Crippen LogP contribution in [0.25, 0.3) is 5.69 Å². The number of carboxylic acid groups (broad SMARTS) is 1. The van der Waals surface area contributed by atoms with Crippen LogP contribution >= 0.6 is 23.4 Å². The van der Waals surface area contributed by atoms with E-state index in [0.29, 0.717) is 5.69 Å². The Hall–Kier alpha value is -1.80. The zero-order valence-corrected chi connectivity index (χ0v) is 11.0. The van der Waals surface area contributed by atoms with Crippen molar-refractivity contribution in [1.82, 2.24) is 14.8 Å². The van der Waals surface area contributed by atoms with Crippen LogP contribution in [0.15, 0.2) is 23.4 Å². The maximum atomic E-state index is 13.4. The van der Waals surface area contributed by atoms with E-state index in [1.165, 1.54) is 22.8 Å². The lowest BCUT2D eigenvalue weighted by Gasteiger charge is -2.07. The molecular formula is C10H8ClFN4O2S. The molecule has 0 saturated carbocycles. The number of benzene rings is 1. The fourth-order valence-corrected chi connectivity index (χ4v) is 2.16. The number of carbonyl (C=O) groups is 1. The molecule has 0 bridgehead atoms. The third kappa shape index (κ3) is 2.96. The molecule has 6 nitrogen and oxygen atoms in total. The Balaban J connectivity index is 2.40. The van der Waals surface area contributed by atoms with Gasteiger partial charge < -0.3 is 10.8 Å². The molecule has 3 N–H and O–H groups in total. The maximum Gasteiger partial charge on any atom is 0.313 e. The number of nitrogen functional groups attached to an aromatic ring is 1. The van der Waals surface area contributed by atoms with Gasteiger partial charge in [0.05, 0.1) is 16.5 Å². The lowest BCUT2D eigenvalue weighted by atomic mass is 10.3. The van der Waals surface area contributed by atoms with E-state index in [4.69, 9.17) is 22.4 Å². The lowest BCUT2D eigenvalue weighted by molar-refractivity contribution is -0.133. The smallest absolute Gasteiger partial charge is 0.313 e. The monoisotopic (exact) mass is 302 g/mol. The highest BCUT2D eigenvalue weighted by atomic mass is 35.5. The van der Waals surface area contributed by atoms with E-state index < -0.39 is 11.8 Å². The van der Waals surface area contributed by atoms with E-state index in [0.717, 1.165) is 11.8 Å². The average Bonchev–Trinajstić information content (AvgIpc) is 2.71. The van der Waals surface area contributed by atoms with Crippen LogP contribution in [0, 0.1) is 5.82 Å². The summed E-state index contributed by atoms with van der Waals surface area (Å²) in [5.74, 6) is -1.77. The summed E-state index contributed by atoms with van der Waals surface area (Å²) < 4.78 is 14.8. The first-order chi connectivity index (χ1) is 8.99. The summed E-state index contributed by atoms with van der Waals surface area (Å²) in [6.45, 7) is 0. The Labute approximate surface area is 116 Å². The van der Waals surface area contributed by atoms with Crippen molar-refractivity contribution in [3.05, 3.63) is 29.0 Å². The lowest BCUT2D eigenvalue weighted by Crippen LogP contribution is -2.04. The van der Waals surface area contributed by atoms with Crippen LogP contribution in [0.2, 0.25) is 5.02 Å². The summed E-state index contributed by atoms with van der Waals surface area (Å²) in [5.41, 5.74) is 6.01. The number of hydrogen-bond donors (Lipinski definition) is 2. The van der Waals surface area contributed by atoms with Gasteiger partial charge in [0.1, 0.15) is 5.82 Å². The molecule has 0 aliphatic heterocycles. The minimum atomic E-state index is -1.000. The summed E-state index contributed by atoms with van der Waals surface area (Å²) >= 11 is 6.53. The van der Waals surface area contributed by atoms with Crippen LogP contribution < -0.4 is 5.73 Å². The Bertz CT molecular complexity index is 634. The van der Waals surface area contributed by atoms with Gasteiger partial charge in [-0.1, -0.05) is 23.4 Å². The zero-order chi connectivity index (χ0) is 14.0. The molecule has 0 aliphatic carbocycles. The van der Waals surface area contributed by atoms with Gasteiger partial charge in [0.15, 0.2) is 5.16 Å². The Morgan fingerprint density at radius 1 is 1.53 bits per heavy atom. The second-order valence-electron chi connectivity index (χ2n) is 3.46. The number of anilines is 1. The van der Waals surface area contributed by atoms with Crippen molar-refractivity contribution in [2.45, 2.75) is 5.16 Å². The van der Waals surface area contributed by atoms with Crippen LogP contribution in [0.4, 0.5) is 10.3 Å². The van der Waals surface area contributed by atoms with Gasteiger partial charge in [-0.05, 0) is 18.2 Å². The van der Waals surface area contributed by atoms with Gasteiger partial charge in [-0.25, -0.2) is 4.39 Å². The molecule has 0 spiro atoms. The predicted molar refractivity (Wildman–Crippen MR) is 69.1 cm³/mol. The second kappa shape index (κ2) is 5.45. The Kier molecular flexibility index (Phi) is 3.91. The van der Waals surface area contributed by atoms with Crippen LogP contribution in [0.1, 0.15) is 0 Å². The number of nitrogens with zero attached hydrogens (tertiary/aromatic N) is 3. The average molecular weight is 303 g/mol. The van der Waals surface area contributed by atoms with Crippen LogP contribution in [0.5, 0.6) is 0 Å². The first kappa shape index (κ1) is 13.6. The van der Waals surface area contributed by atoms with Gasteiger partial charge in [0.2, 0.25) is 5.95 Å². The molecular weight excluding hydrogens is 295 g/mol. The quantitative estimate of drug-likeness (QED) is 0.837. The van der Waals surface area contributed by atoms with Gasteiger partial charge in [0, 0.05) is 0 Å². The second-order valence-corrected chi connectivity index (χ2v) is 4.81. The highest BCUT2D eigenvalue weighted by molar-refractivity contribution is 7.99. The molecule has 0 radical (unpaired) electrons. The standard InChI is InChI=1S/C10H8ClFN4O2S/c11-6-2-1-5(3-7(6)12)16-9(13)14-15-10(16)19-4-8(17)18/h1-3H,4H2,(H2,13,14)(H,17,18). The SMILES string of the molecule is Nc1nnc(SCC(=O)O)n1-c1ccc(Cl)c(F)c1. The fourth-order valence-electron chi connectivity index (χ4n) is 1.37. The molecule has 0 atom stereocenters. The largest absolute Gasteiger partial charge is 0.481 e. The van der Waals surface area contributed by atoms with E-state index in [1.54, 1.807) is 0 Å². The van der Waals surface area contributed by atoms with Gasteiger partial charge in [-0.3, -0.25) is 9.36 Å². The first-order valence-corrected chi connectivity index (χ1v) is 6.36. The number of halogens is 2. The molecule has 19 heavy (non-hydrogen) atoms. The molecule has 0 unspecified atom stereocenters. The summed E-state index contributed by atoms with van der Waals surface area (Å²) in [6.07, 6.45) is 0. The van der Waals surface area contributed by atoms with Crippen molar-refractivity contribution in [3.8, 4) is 5.69 Å². The highest BCUT2D eigenvalue weighted by Gasteiger charge is 2.14. The molecule has 1 aromatic heterocycles. The maximum absolute atomic E-state index is 13.4. The van der Waals surface area contributed by atoms with E-state index >= 15 is 0 Å². The van der Waals surface area contributed by atoms with Crippen molar-refractivity contribution in [3.63, 3.8) is 0 Å². The molecule has 1 heterocycles. The number of rotatable bonds is 4. The number of thioether (sulfide) groups is 1. The topological polar surface area (TPSA) is 94.0 Å². The number of aromatic nitrogens is 3. The molecule has 2 rings (SSSR count). The van der Waals surface area contributed by atoms with E-state index in [9.17, 15) is 9.18 Å². The number of hydrogen-bond acceptors (Lipinski definition) is 5. The number of carboxylic acids is 1. The minimum absolute atomic E-state index is 0.0184. The summed E-state index contributed by atoms with van der Waals surface area (Å²) in [4.78, 5) is 10.5. The van der Waals surface area contributed by atoms with E-state index in [1.807, 2.05) is 0 Å². The Morgan fingerprint density at radius 2 is 2.26 bits per heavy atom. The van der Waals surface area contributed by atoms with Gasteiger partial charge >= 0.3 is 5.97 Å². The molecule has 1 aromatic carbocycles. The number of nitrogens with two attached hydrogens (primary N) is 1. The van der Waals surface area contributed by atoms with E-state index in [-0.39, 0.29) is 21.9 Å². The number of aliphatic carboxylic acids is 1. The molecule has 0 aliphatic rings. The zero-order valence-electron chi connectivity index (χ0n) is 9.38. The van der Waals surface area contributed by atoms with Crippen LogP contribution in [0.3, 0.4) is 0 Å². The molecule has 100 valence electrons. The Morgan fingerprint density at radius 3 is 2.89 bits per heavy atom. The molecule has 9 heteroatoms. The van der Waals surface area contributed by atoms with Gasteiger partial charge in [-0.2, -0.15) is 0 Å². The van der Waals surface area contributed by atoms with Crippen LogP contribution in [-0.4, -0.2) is 31.6 Å². The van der Waals surface area contributed by atoms with Gasteiger partial charge in [-0.15, -0.1) is 10.2 Å². The molecule has 2 aromatic rings. The molecule has 0 fully saturated rings.